The van der Waals surface area contributed by atoms with Crippen LogP contribution in [-0.4, -0.2) is 49.2 Å². The molecule has 2 heterocycles. The summed E-state index contributed by atoms with van der Waals surface area (Å²) in [5, 5.41) is 6.65. The average molecular weight is 297 g/mol. The van der Waals surface area contributed by atoms with E-state index in [4.69, 9.17) is 14.0 Å². The van der Waals surface area contributed by atoms with Crippen molar-refractivity contribution in [1.29, 1.82) is 0 Å². The molecule has 7 heteroatoms. The van der Waals surface area contributed by atoms with Crippen LogP contribution in [0, 0.1) is 0 Å². The molecular formula is C14H23N3O4. The van der Waals surface area contributed by atoms with E-state index in [1.165, 1.54) is 0 Å². The van der Waals surface area contributed by atoms with Crippen LogP contribution in [0.15, 0.2) is 10.6 Å². The number of carbonyl (C=O) groups excluding carboxylic acids is 1. The first-order valence-corrected chi connectivity index (χ1v) is 7.09. The predicted molar refractivity (Wildman–Crippen MR) is 77.2 cm³/mol. The molecular weight excluding hydrogens is 274 g/mol. The molecule has 1 N–H and O–H groups in total. The van der Waals surface area contributed by atoms with Crippen molar-refractivity contribution in [1.82, 2.24) is 10.1 Å². The Kier molecular flexibility index (Phi) is 4.84. The summed E-state index contributed by atoms with van der Waals surface area (Å²) in [7, 11) is 1.71. The lowest BCUT2D eigenvalue weighted by Gasteiger charge is -2.18. The maximum atomic E-state index is 12.0. The molecule has 1 aliphatic rings. The van der Waals surface area contributed by atoms with Crippen molar-refractivity contribution in [2.75, 3.05) is 32.1 Å². The smallest absolute Gasteiger partial charge is 0.323 e. The van der Waals surface area contributed by atoms with E-state index >= 15 is 0 Å². The summed E-state index contributed by atoms with van der Waals surface area (Å²) in [6.07, 6.45) is 0.436. The molecule has 0 aliphatic carbocycles. The molecule has 2 rings (SSSR count). The van der Waals surface area contributed by atoms with E-state index in [0.717, 1.165) is 5.69 Å². The van der Waals surface area contributed by atoms with Crippen LogP contribution in [0.3, 0.4) is 0 Å². The number of ether oxygens (including phenoxy) is 2. The Bertz CT molecular complexity index is 475. The molecule has 21 heavy (non-hydrogen) atoms. The summed E-state index contributed by atoms with van der Waals surface area (Å²) in [6.45, 7) is 7.87. The van der Waals surface area contributed by atoms with Crippen LogP contribution in [0.1, 0.15) is 32.9 Å². The van der Waals surface area contributed by atoms with Gasteiger partial charge in [0.15, 0.2) is 6.29 Å². The Balaban J connectivity index is 1.81. The molecule has 0 saturated carbocycles. The minimum Gasteiger partial charge on any atom is -0.350 e. The second-order valence-corrected chi connectivity index (χ2v) is 6.14. The molecule has 1 aromatic heterocycles. The summed E-state index contributed by atoms with van der Waals surface area (Å²) < 4.78 is 15.8. The Morgan fingerprint density at radius 2 is 2.10 bits per heavy atom. The third kappa shape index (κ3) is 4.44. The van der Waals surface area contributed by atoms with Gasteiger partial charge in [0.1, 0.15) is 0 Å². The van der Waals surface area contributed by atoms with Crippen molar-refractivity contribution in [2.24, 2.45) is 0 Å². The van der Waals surface area contributed by atoms with Gasteiger partial charge in [-0.1, -0.05) is 25.9 Å². The number of carbonyl (C=O) groups is 1. The first-order valence-electron chi connectivity index (χ1n) is 7.09. The Morgan fingerprint density at radius 3 is 2.67 bits per heavy atom. The van der Waals surface area contributed by atoms with Crippen LogP contribution < -0.4 is 5.32 Å². The van der Waals surface area contributed by atoms with Crippen molar-refractivity contribution in [3.8, 4) is 0 Å². The highest BCUT2D eigenvalue weighted by atomic mass is 16.7. The normalized spacial score (nSPS) is 16.2. The number of hydrogen-bond acceptors (Lipinski definition) is 5. The topological polar surface area (TPSA) is 76.8 Å². The minimum atomic E-state index is -0.246. The van der Waals surface area contributed by atoms with E-state index in [2.05, 4.69) is 10.5 Å². The van der Waals surface area contributed by atoms with Gasteiger partial charge in [-0.05, 0) is 0 Å². The zero-order chi connectivity index (χ0) is 15.5. The predicted octanol–water partition coefficient (Wildman–Crippen LogP) is 2.20. The summed E-state index contributed by atoms with van der Waals surface area (Å²) in [5.41, 5.74) is 0.684. The lowest BCUT2D eigenvalue weighted by atomic mass is 9.92. The molecule has 1 fully saturated rings. The first-order chi connectivity index (χ1) is 9.86. The van der Waals surface area contributed by atoms with Gasteiger partial charge >= 0.3 is 6.03 Å². The van der Waals surface area contributed by atoms with Gasteiger partial charge in [0, 0.05) is 31.5 Å². The summed E-state index contributed by atoms with van der Waals surface area (Å²) in [6, 6.07) is 1.50. The third-order valence-corrected chi connectivity index (χ3v) is 3.25. The van der Waals surface area contributed by atoms with E-state index < -0.39 is 0 Å². The first kappa shape index (κ1) is 15.8. The quantitative estimate of drug-likeness (QED) is 0.922. The fourth-order valence-electron chi connectivity index (χ4n) is 1.86. The molecule has 0 spiro atoms. The minimum absolute atomic E-state index is 0.116. The lowest BCUT2D eigenvalue weighted by molar-refractivity contribution is -0.0488. The highest BCUT2D eigenvalue weighted by Gasteiger charge is 2.21. The molecule has 0 atom stereocenters. The fraction of sp³-hybridized carbons (Fsp3) is 0.714. The van der Waals surface area contributed by atoms with Crippen molar-refractivity contribution in [3.05, 3.63) is 11.8 Å². The zero-order valence-electron chi connectivity index (χ0n) is 13.0. The molecule has 118 valence electrons. The summed E-state index contributed by atoms with van der Waals surface area (Å²) in [5.74, 6) is 0.352. The van der Waals surface area contributed by atoms with Crippen molar-refractivity contribution in [2.45, 2.75) is 38.9 Å². The number of aromatic nitrogens is 1. The second kappa shape index (κ2) is 6.44. The largest absolute Gasteiger partial charge is 0.350 e. The van der Waals surface area contributed by atoms with Crippen LogP contribution in [0.5, 0.6) is 0 Å². The SMILES string of the molecule is CN(CCC1OCCO1)C(=O)Nc1cc(C(C)(C)C)no1. The molecule has 7 nitrogen and oxygen atoms in total. The highest BCUT2D eigenvalue weighted by molar-refractivity contribution is 5.87. The molecule has 1 saturated heterocycles. The molecule has 2 amide bonds. The molecule has 1 aromatic rings. The molecule has 0 aromatic carbocycles. The Hall–Kier alpha value is -1.60. The van der Waals surface area contributed by atoms with E-state index in [-0.39, 0.29) is 17.7 Å². The molecule has 0 unspecified atom stereocenters. The van der Waals surface area contributed by atoms with Gasteiger partial charge in [-0.15, -0.1) is 0 Å². The van der Waals surface area contributed by atoms with Crippen LogP contribution in [-0.2, 0) is 14.9 Å². The third-order valence-electron chi connectivity index (χ3n) is 3.25. The monoisotopic (exact) mass is 297 g/mol. The van der Waals surface area contributed by atoms with Crippen LogP contribution in [0.4, 0.5) is 10.7 Å². The zero-order valence-corrected chi connectivity index (χ0v) is 13.0. The standard InChI is InChI=1S/C14H23N3O4/c1-14(2,3)10-9-11(21-16-10)15-13(18)17(4)6-5-12-19-7-8-20-12/h9,12H,5-8H2,1-4H3,(H,15,18). The number of urea groups is 1. The van der Waals surface area contributed by atoms with E-state index in [1.807, 2.05) is 20.8 Å². The van der Waals surface area contributed by atoms with Gasteiger partial charge in [-0.25, -0.2) is 4.79 Å². The van der Waals surface area contributed by atoms with E-state index in [9.17, 15) is 4.79 Å². The average Bonchev–Trinajstić information content (AvgIpc) is 3.05. The lowest BCUT2D eigenvalue weighted by Crippen LogP contribution is -2.33. The van der Waals surface area contributed by atoms with Gasteiger partial charge in [0.25, 0.3) is 0 Å². The number of rotatable bonds is 4. The van der Waals surface area contributed by atoms with Crippen LogP contribution in [0.2, 0.25) is 0 Å². The number of amides is 2. The maximum Gasteiger partial charge on any atom is 0.323 e. The van der Waals surface area contributed by atoms with E-state index in [1.54, 1.807) is 18.0 Å². The van der Waals surface area contributed by atoms with E-state index in [0.29, 0.717) is 32.1 Å². The van der Waals surface area contributed by atoms with Gasteiger partial charge < -0.3 is 18.9 Å². The Morgan fingerprint density at radius 1 is 1.43 bits per heavy atom. The van der Waals surface area contributed by atoms with Crippen molar-refractivity contribution >= 4 is 11.9 Å². The molecule has 1 aliphatic heterocycles. The highest BCUT2D eigenvalue weighted by Crippen LogP contribution is 2.23. The number of anilines is 1. The van der Waals surface area contributed by atoms with Crippen molar-refractivity contribution < 1.29 is 18.8 Å². The van der Waals surface area contributed by atoms with Gasteiger partial charge in [-0.3, -0.25) is 5.32 Å². The van der Waals surface area contributed by atoms with Gasteiger partial charge in [-0.2, -0.15) is 0 Å². The van der Waals surface area contributed by atoms with Gasteiger partial charge in [0.05, 0.1) is 18.9 Å². The number of hydrogen-bond donors (Lipinski definition) is 1. The van der Waals surface area contributed by atoms with Crippen LogP contribution >= 0.6 is 0 Å². The molecule has 0 bridgehead atoms. The Labute approximate surface area is 124 Å². The van der Waals surface area contributed by atoms with Gasteiger partial charge in [0.2, 0.25) is 5.88 Å². The van der Waals surface area contributed by atoms with Crippen molar-refractivity contribution in [3.63, 3.8) is 0 Å². The number of nitrogens with one attached hydrogen (secondary N) is 1. The summed E-state index contributed by atoms with van der Waals surface area (Å²) >= 11 is 0. The molecule has 0 radical (unpaired) electrons. The fourth-order valence-corrected chi connectivity index (χ4v) is 1.86. The summed E-state index contributed by atoms with van der Waals surface area (Å²) in [4.78, 5) is 13.6. The maximum absolute atomic E-state index is 12.0. The number of nitrogens with zero attached hydrogens (tertiary/aromatic N) is 2. The second-order valence-electron chi connectivity index (χ2n) is 6.14. The van der Waals surface area contributed by atoms with Crippen LogP contribution in [0.25, 0.3) is 0 Å².